The van der Waals surface area contributed by atoms with Crippen molar-refractivity contribution in [2.45, 2.75) is 19.6 Å². The monoisotopic (exact) mass is 450 g/mol. The van der Waals surface area contributed by atoms with Crippen LogP contribution in [0.4, 0.5) is 25.0 Å². The van der Waals surface area contributed by atoms with E-state index in [4.69, 9.17) is 14.0 Å². The second kappa shape index (κ2) is 9.53. The van der Waals surface area contributed by atoms with Gasteiger partial charge in [0, 0.05) is 38.7 Å². The summed E-state index contributed by atoms with van der Waals surface area (Å²) >= 11 is 0. The number of nitrogens with one attached hydrogen (secondary N) is 1. The van der Waals surface area contributed by atoms with E-state index in [2.05, 4.69) is 5.32 Å². The predicted octanol–water partition coefficient (Wildman–Crippen LogP) is 2.27. The van der Waals surface area contributed by atoms with Gasteiger partial charge in [0.1, 0.15) is 17.6 Å². The highest BCUT2D eigenvalue weighted by Crippen LogP contribution is 2.31. The summed E-state index contributed by atoms with van der Waals surface area (Å²) in [6, 6.07) is 5.85. The zero-order valence-corrected chi connectivity index (χ0v) is 17.6. The highest BCUT2D eigenvalue weighted by molar-refractivity contribution is 5.90. The van der Waals surface area contributed by atoms with Gasteiger partial charge in [-0.1, -0.05) is 0 Å². The van der Waals surface area contributed by atoms with Gasteiger partial charge in [0.2, 0.25) is 5.91 Å². The van der Waals surface area contributed by atoms with E-state index in [-0.39, 0.29) is 37.0 Å². The summed E-state index contributed by atoms with van der Waals surface area (Å²) in [5.41, 5.74) is -0.107. The van der Waals surface area contributed by atoms with E-state index in [1.54, 1.807) is 22.3 Å². The molecule has 9 nitrogen and oxygen atoms in total. The Morgan fingerprint density at radius 3 is 2.69 bits per heavy atom. The normalized spacial score (nSPS) is 19.7. The molecular weight excluding hydrogens is 426 g/mol. The van der Waals surface area contributed by atoms with Gasteiger partial charge in [-0.05, 0) is 12.1 Å². The maximum Gasteiger partial charge on any atom is 0.414 e. The number of carbonyl (C=O) groups is 2. The lowest BCUT2D eigenvalue weighted by molar-refractivity contribution is -0.157. The van der Waals surface area contributed by atoms with E-state index < -0.39 is 23.8 Å². The van der Waals surface area contributed by atoms with Crippen LogP contribution >= 0.6 is 0 Å². The molecule has 3 heterocycles. The summed E-state index contributed by atoms with van der Waals surface area (Å²) in [5, 5.41) is 4.25. The summed E-state index contributed by atoms with van der Waals surface area (Å²) in [5.74, 6) is -1.09. The van der Waals surface area contributed by atoms with Crippen LogP contribution in [0, 0.1) is 11.6 Å². The number of hydrogen-bond acceptors (Lipinski definition) is 7. The van der Waals surface area contributed by atoms with E-state index >= 15 is 0 Å². The molecule has 0 aliphatic carbocycles. The third kappa shape index (κ3) is 5.00. The lowest BCUT2D eigenvalue weighted by atomic mass is 10.2. The number of nitrogens with zero attached hydrogens (tertiary/aromatic N) is 3. The standard InChI is InChI=1S/C21H24F2N4O5/c1-14(28)24-11-17-13-27(21(29)32-17)15-9-18(22)20(19(23)10-15)25-4-5-26(31-8-6-25)12-16-3-2-7-30-16/h2-3,7,9-10,17H,4-6,8,11-13H2,1H3,(H,24,28)/t17-/m0/s1. The van der Waals surface area contributed by atoms with Crippen LogP contribution in [0.5, 0.6) is 0 Å². The molecule has 2 saturated heterocycles. The van der Waals surface area contributed by atoms with E-state index in [0.29, 0.717) is 26.2 Å². The SMILES string of the molecule is CC(=O)NC[C@H]1CN(c2cc(F)c(N3CCON(Cc4ccco4)CC3)c(F)c2)C(=O)O1. The maximum absolute atomic E-state index is 15.0. The molecule has 172 valence electrons. The Morgan fingerprint density at radius 2 is 2.00 bits per heavy atom. The number of cyclic esters (lactones) is 1. The Kier molecular flexibility index (Phi) is 6.56. The van der Waals surface area contributed by atoms with Gasteiger partial charge in [0.25, 0.3) is 0 Å². The van der Waals surface area contributed by atoms with Crippen LogP contribution in [-0.4, -0.2) is 62.5 Å². The number of furan rings is 1. The number of benzene rings is 1. The zero-order valence-electron chi connectivity index (χ0n) is 17.6. The third-order valence-corrected chi connectivity index (χ3v) is 5.25. The number of ether oxygens (including phenoxy) is 1. The highest BCUT2D eigenvalue weighted by Gasteiger charge is 2.34. The summed E-state index contributed by atoms with van der Waals surface area (Å²) < 4.78 is 40.4. The van der Waals surface area contributed by atoms with Crippen molar-refractivity contribution in [3.8, 4) is 0 Å². The van der Waals surface area contributed by atoms with Gasteiger partial charge in [-0.2, -0.15) is 5.06 Å². The number of amides is 2. The highest BCUT2D eigenvalue weighted by atomic mass is 19.1. The topological polar surface area (TPSA) is 87.5 Å². The number of hydroxylamine groups is 2. The smallest absolute Gasteiger partial charge is 0.414 e. The molecule has 2 amide bonds. The Labute approximate surface area is 183 Å². The molecule has 2 fully saturated rings. The van der Waals surface area contributed by atoms with E-state index in [1.165, 1.54) is 6.92 Å². The van der Waals surface area contributed by atoms with Crippen molar-refractivity contribution in [1.82, 2.24) is 10.4 Å². The predicted molar refractivity (Wildman–Crippen MR) is 110 cm³/mol. The Balaban J connectivity index is 1.43. The molecule has 0 unspecified atom stereocenters. The van der Waals surface area contributed by atoms with E-state index in [9.17, 15) is 18.4 Å². The number of rotatable bonds is 6. The van der Waals surface area contributed by atoms with Gasteiger partial charge in [0.15, 0.2) is 11.6 Å². The van der Waals surface area contributed by atoms with Crippen LogP contribution in [0.3, 0.4) is 0 Å². The molecule has 1 N–H and O–H groups in total. The molecule has 1 atom stereocenters. The molecule has 0 radical (unpaired) electrons. The average molecular weight is 450 g/mol. The first kappa shape index (κ1) is 22.0. The van der Waals surface area contributed by atoms with Crippen LogP contribution < -0.4 is 15.1 Å². The van der Waals surface area contributed by atoms with Gasteiger partial charge in [-0.3, -0.25) is 14.5 Å². The zero-order chi connectivity index (χ0) is 22.7. The fraction of sp³-hybridized carbons (Fsp3) is 0.429. The first-order valence-corrected chi connectivity index (χ1v) is 10.3. The Bertz CT molecular complexity index is 948. The van der Waals surface area contributed by atoms with E-state index in [1.807, 2.05) is 6.07 Å². The second-order valence-electron chi connectivity index (χ2n) is 7.57. The number of carbonyl (C=O) groups excluding carboxylic acids is 2. The van der Waals surface area contributed by atoms with Crippen molar-refractivity contribution in [2.75, 3.05) is 49.1 Å². The van der Waals surface area contributed by atoms with Gasteiger partial charge in [0.05, 0.1) is 38.2 Å². The molecule has 2 aromatic rings. The molecule has 0 bridgehead atoms. The lowest BCUT2D eigenvalue weighted by Gasteiger charge is -2.24. The minimum Gasteiger partial charge on any atom is -0.468 e. The molecule has 2 aliphatic rings. The summed E-state index contributed by atoms with van der Waals surface area (Å²) in [4.78, 5) is 31.6. The Morgan fingerprint density at radius 1 is 1.22 bits per heavy atom. The minimum absolute atomic E-state index is 0.0598. The van der Waals surface area contributed by atoms with Crippen molar-refractivity contribution < 1.29 is 32.4 Å². The third-order valence-electron chi connectivity index (χ3n) is 5.25. The van der Waals surface area contributed by atoms with Crippen molar-refractivity contribution >= 4 is 23.4 Å². The van der Waals surface area contributed by atoms with Crippen LogP contribution in [0.1, 0.15) is 12.7 Å². The number of hydrogen-bond donors (Lipinski definition) is 1. The first-order valence-electron chi connectivity index (χ1n) is 10.3. The number of anilines is 2. The number of halogens is 2. The summed E-state index contributed by atoms with van der Waals surface area (Å²) in [6.45, 7) is 3.31. The van der Waals surface area contributed by atoms with Gasteiger partial charge in [-0.15, -0.1) is 0 Å². The first-order chi connectivity index (χ1) is 15.4. The molecule has 2 aliphatic heterocycles. The van der Waals surface area contributed by atoms with Crippen molar-refractivity contribution in [3.05, 3.63) is 47.9 Å². The molecule has 0 spiro atoms. The fourth-order valence-electron chi connectivity index (χ4n) is 3.72. The molecule has 4 rings (SSSR count). The maximum atomic E-state index is 15.0. The molecular formula is C21H24F2N4O5. The average Bonchev–Trinajstić information content (AvgIpc) is 3.32. The lowest BCUT2D eigenvalue weighted by Crippen LogP contribution is -2.33. The van der Waals surface area contributed by atoms with Crippen LogP contribution in [0.25, 0.3) is 0 Å². The van der Waals surface area contributed by atoms with Crippen LogP contribution in [0.2, 0.25) is 0 Å². The van der Waals surface area contributed by atoms with Crippen molar-refractivity contribution in [3.63, 3.8) is 0 Å². The van der Waals surface area contributed by atoms with Crippen molar-refractivity contribution in [2.24, 2.45) is 0 Å². The molecule has 32 heavy (non-hydrogen) atoms. The molecule has 1 aromatic heterocycles. The van der Waals surface area contributed by atoms with Gasteiger partial charge < -0.3 is 19.4 Å². The molecule has 11 heteroatoms. The van der Waals surface area contributed by atoms with Crippen molar-refractivity contribution in [1.29, 1.82) is 0 Å². The summed E-state index contributed by atoms with van der Waals surface area (Å²) in [6.07, 6.45) is 0.257. The van der Waals surface area contributed by atoms with Crippen LogP contribution in [-0.2, 0) is 20.9 Å². The van der Waals surface area contributed by atoms with Gasteiger partial charge >= 0.3 is 6.09 Å². The fourth-order valence-corrected chi connectivity index (χ4v) is 3.72. The minimum atomic E-state index is -0.780. The van der Waals surface area contributed by atoms with Gasteiger partial charge in [-0.25, -0.2) is 13.6 Å². The molecule has 0 saturated carbocycles. The second-order valence-corrected chi connectivity index (χ2v) is 7.57. The largest absolute Gasteiger partial charge is 0.468 e. The molecule has 1 aromatic carbocycles. The summed E-state index contributed by atoms with van der Waals surface area (Å²) in [7, 11) is 0. The van der Waals surface area contributed by atoms with E-state index in [0.717, 1.165) is 22.8 Å². The quantitative estimate of drug-likeness (QED) is 0.723. The van der Waals surface area contributed by atoms with Crippen LogP contribution in [0.15, 0.2) is 34.9 Å². The Hall–Kier alpha value is -3.18.